The van der Waals surface area contributed by atoms with Crippen LogP contribution >= 0.6 is 0 Å². The second-order valence-corrected chi connectivity index (χ2v) is 3.29. The minimum Gasteiger partial charge on any atom is -0.469 e. The number of aryl methyl sites for hydroxylation is 2. The average Bonchev–Trinajstić information content (AvgIpc) is 2.73. The first-order chi connectivity index (χ1) is 6.66. The SMILES string of the molecule is Cc1cc(C(N)c2cn(C)nn2)co1. The Hall–Kier alpha value is -1.62. The number of hydrogen-bond donors (Lipinski definition) is 1. The van der Waals surface area contributed by atoms with Gasteiger partial charge in [0.05, 0.1) is 18.5 Å². The number of nitrogens with two attached hydrogens (primary N) is 1. The van der Waals surface area contributed by atoms with Gasteiger partial charge < -0.3 is 10.2 Å². The zero-order chi connectivity index (χ0) is 10.1. The highest BCUT2D eigenvalue weighted by Crippen LogP contribution is 2.19. The molecule has 0 bridgehead atoms. The lowest BCUT2D eigenvalue weighted by Gasteiger charge is -2.02. The fourth-order valence-electron chi connectivity index (χ4n) is 1.31. The van der Waals surface area contributed by atoms with Crippen LogP contribution in [-0.4, -0.2) is 15.0 Å². The lowest BCUT2D eigenvalue weighted by molar-refractivity contribution is 0.530. The Morgan fingerprint density at radius 1 is 1.57 bits per heavy atom. The van der Waals surface area contributed by atoms with Crippen molar-refractivity contribution in [1.82, 2.24) is 15.0 Å². The molecule has 14 heavy (non-hydrogen) atoms. The van der Waals surface area contributed by atoms with Crippen LogP contribution in [0.1, 0.15) is 23.1 Å². The second kappa shape index (κ2) is 3.26. The summed E-state index contributed by atoms with van der Waals surface area (Å²) < 4.78 is 6.81. The van der Waals surface area contributed by atoms with Gasteiger partial charge in [-0.15, -0.1) is 5.10 Å². The predicted octanol–water partition coefficient (Wildman–Crippen LogP) is 0.765. The molecule has 74 valence electrons. The Labute approximate surface area is 81.5 Å². The van der Waals surface area contributed by atoms with Gasteiger partial charge in [0.1, 0.15) is 11.5 Å². The van der Waals surface area contributed by atoms with Crippen molar-refractivity contribution in [2.24, 2.45) is 12.8 Å². The summed E-state index contributed by atoms with van der Waals surface area (Å²) in [7, 11) is 1.81. The molecule has 0 aliphatic carbocycles. The van der Waals surface area contributed by atoms with Crippen LogP contribution in [0.5, 0.6) is 0 Å². The first kappa shape index (κ1) is 8.96. The lowest BCUT2D eigenvalue weighted by Crippen LogP contribution is -2.11. The molecular weight excluding hydrogens is 180 g/mol. The highest BCUT2D eigenvalue weighted by Gasteiger charge is 2.14. The Bertz CT molecular complexity index is 391. The molecule has 0 saturated carbocycles. The zero-order valence-corrected chi connectivity index (χ0v) is 8.14. The second-order valence-electron chi connectivity index (χ2n) is 3.29. The minimum absolute atomic E-state index is 0.263. The van der Waals surface area contributed by atoms with Crippen LogP contribution in [0.3, 0.4) is 0 Å². The van der Waals surface area contributed by atoms with Gasteiger partial charge in [-0.3, -0.25) is 4.68 Å². The maximum Gasteiger partial charge on any atom is 0.104 e. The van der Waals surface area contributed by atoms with Gasteiger partial charge in [-0.1, -0.05) is 5.21 Å². The van der Waals surface area contributed by atoms with Crippen LogP contribution in [0.2, 0.25) is 0 Å². The fraction of sp³-hybridized carbons (Fsp3) is 0.333. The first-order valence-corrected chi connectivity index (χ1v) is 4.33. The van der Waals surface area contributed by atoms with E-state index in [0.29, 0.717) is 0 Å². The summed E-state index contributed by atoms with van der Waals surface area (Å²) >= 11 is 0. The maximum absolute atomic E-state index is 5.97. The summed E-state index contributed by atoms with van der Waals surface area (Å²) in [5, 5.41) is 7.77. The molecule has 2 aromatic rings. The molecule has 5 heteroatoms. The van der Waals surface area contributed by atoms with Crippen molar-refractivity contribution in [2.45, 2.75) is 13.0 Å². The van der Waals surface area contributed by atoms with Crippen LogP contribution in [0.4, 0.5) is 0 Å². The Morgan fingerprint density at radius 2 is 2.36 bits per heavy atom. The van der Waals surface area contributed by atoms with Crippen molar-refractivity contribution in [1.29, 1.82) is 0 Å². The maximum atomic E-state index is 5.97. The minimum atomic E-state index is -0.263. The monoisotopic (exact) mass is 192 g/mol. The predicted molar refractivity (Wildman–Crippen MR) is 50.5 cm³/mol. The van der Waals surface area contributed by atoms with E-state index in [1.807, 2.05) is 20.0 Å². The Balaban J connectivity index is 2.28. The van der Waals surface area contributed by atoms with Gasteiger partial charge in [0, 0.05) is 12.6 Å². The van der Waals surface area contributed by atoms with Crippen LogP contribution < -0.4 is 5.73 Å². The molecule has 0 saturated heterocycles. The van der Waals surface area contributed by atoms with E-state index in [0.717, 1.165) is 17.0 Å². The van der Waals surface area contributed by atoms with E-state index >= 15 is 0 Å². The van der Waals surface area contributed by atoms with E-state index in [1.165, 1.54) is 0 Å². The van der Waals surface area contributed by atoms with Crippen molar-refractivity contribution in [3.05, 3.63) is 35.5 Å². The topological polar surface area (TPSA) is 69.9 Å². The molecular formula is C9H12N4O. The number of aromatic nitrogens is 3. The van der Waals surface area contributed by atoms with Gasteiger partial charge >= 0.3 is 0 Å². The highest BCUT2D eigenvalue weighted by atomic mass is 16.3. The smallest absolute Gasteiger partial charge is 0.104 e. The molecule has 0 radical (unpaired) electrons. The van der Waals surface area contributed by atoms with Crippen molar-refractivity contribution in [2.75, 3.05) is 0 Å². The van der Waals surface area contributed by atoms with Gasteiger partial charge in [0.15, 0.2) is 0 Å². The van der Waals surface area contributed by atoms with Crippen LogP contribution in [0, 0.1) is 6.92 Å². The number of hydrogen-bond acceptors (Lipinski definition) is 4. The molecule has 0 fully saturated rings. The molecule has 2 rings (SSSR count). The van der Waals surface area contributed by atoms with Gasteiger partial charge in [-0.25, -0.2) is 0 Å². The summed E-state index contributed by atoms with van der Waals surface area (Å²) in [6.07, 6.45) is 3.45. The van der Waals surface area contributed by atoms with Crippen LogP contribution in [0.15, 0.2) is 22.9 Å². The van der Waals surface area contributed by atoms with Crippen molar-refractivity contribution < 1.29 is 4.42 Å². The van der Waals surface area contributed by atoms with E-state index < -0.39 is 0 Å². The Kier molecular flexibility index (Phi) is 2.09. The highest BCUT2D eigenvalue weighted by molar-refractivity contribution is 5.23. The van der Waals surface area contributed by atoms with Crippen LogP contribution in [-0.2, 0) is 7.05 Å². The number of furan rings is 1. The van der Waals surface area contributed by atoms with Gasteiger partial charge in [-0.05, 0) is 13.0 Å². The third-order valence-corrected chi connectivity index (χ3v) is 2.05. The normalized spacial score (nSPS) is 13.1. The third kappa shape index (κ3) is 1.54. The average molecular weight is 192 g/mol. The molecule has 0 aliphatic heterocycles. The summed E-state index contributed by atoms with van der Waals surface area (Å²) in [5.74, 6) is 0.847. The van der Waals surface area contributed by atoms with Gasteiger partial charge in [-0.2, -0.15) is 0 Å². The van der Waals surface area contributed by atoms with Gasteiger partial charge in [0.2, 0.25) is 0 Å². The standard InChI is InChI=1S/C9H12N4O/c1-6-3-7(5-14-6)9(10)8-4-13(2)12-11-8/h3-5,9H,10H2,1-2H3. The summed E-state index contributed by atoms with van der Waals surface area (Å²) in [4.78, 5) is 0. The molecule has 0 aliphatic rings. The quantitative estimate of drug-likeness (QED) is 0.762. The number of rotatable bonds is 2. The van der Waals surface area contributed by atoms with E-state index in [4.69, 9.17) is 10.2 Å². The fourth-order valence-corrected chi connectivity index (χ4v) is 1.31. The molecule has 0 amide bonds. The molecule has 0 spiro atoms. The lowest BCUT2D eigenvalue weighted by atomic mass is 10.1. The largest absolute Gasteiger partial charge is 0.469 e. The molecule has 2 N–H and O–H groups in total. The molecule has 1 unspecified atom stereocenters. The van der Waals surface area contributed by atoms with E-state index in [2.05, 4.69) is 10.3 Å². The molecule has 2 heterocycles. The van der Waals surface area contributed by atoms with Crippen molar-refractivity contribution >= 4 is 0 Å². The summed E-state index contributed by atoms with van der Waals surface area (Å²) in [6, 6.07) is 1.64. The molecule has 0 aromatic carbocycles. The van der Waals surface area contributed by atoms with Crippen molar-refractivity contribution in [3.63, 3.8) is 0 Å². The molecule has 2 aromatic heterocycles. The van der Waals surface area contributed by atoms with E-state index in [9.17, 15) is 0 Å². The van der Waals surface area contributed by atoms with Crippen molar-refractivity contribution in [3.8, 4) is 0 Å². The summed E-state index contributed by atoms with van der Waals surface area (Å²) in [5.41, 5.74) is 7.63. The first-order valence-electron chi connectivity index (χ1n) is 4.33. The zero-order valence-electron chi connectivity index (χ0n) is 8.14. The summed E-state index contributed by atoms with van der Waals surface area (Å²) in [6.45, 7) is 1.88. The van der Waals surface area contributed by atoms with E-state index in [1.54, 1.807) is 17.1 Å². The third-order valence-electron chi connectivity index (χ3n) is 2.05. The molecule has 1 atom stereocenters. The van der Waals surface area contributed by atoms with Gasteiger partial charge in [0.25, 0.3) is 0 Å². The number of nitrogens with zero attached hydrogens (tertiary/aromatic N) is 3. The Morgan fingerprint density at radius 3 is 2.86 bits per heavy atom. The van der Waals surface area contributed by atoms with Crippen LogP contribution in [0.25, 0.3) is 0 Å². The van der Waals surface area contributed by atoms with E-state index in [-0.39, 0.29) is 6.04 Å². The molecule has 5 nitrogen and oxygen atoms in total.